The van der Waals surface area contributed by atoms with E-state index in [1.54, 1.807) is 0 Å². The maximum Gasteiger partial charge on any atom is 0.194 e. The molecule has 0 amide bonds. The summed E-state index contributed by atoms with van der Waals surface area (Å²) in [6.45, 7) is 1.95. The first kappa shape index (κ1) is 13.3. The van der Waals surface area contributed by atoms with Crippen molar-refractivity contribution < 1.29 is 13.2 Å². The molecule has 6 heteroatoms. The molecule has 0 saturated carbocycles. The first-order valence-corrected chi connectivity index (χ1v) is 5.79. The topological polar surface area (TPSA) is 51.8 Å². The van der Waals surface area contributed by atoms with Crippen LogP contribution in [0.3, 0.4) is 0 Å². The van der Waals surface area contributed by atoms with Crippen LogP contribution in [0.2, 0.25) is 0 Å². The lowest BCUT2D eigenvalue weighted by Gasteiger charge is -2.06. The number of nitrogen functional groups attached to an aromatic ring is 1. The van der Waals surface area contributed by atoms with Crippen LogP contribution in [-0.2, 0) is 6.42 Å². The van der Waals surface area contributed by atoms with Gasteiger partial charge >= 0.3 is 0 Å². The Labute approximate surface area is 108 Å². The Kier molecular flexibility index (Phi) is 3.69. The van der Waals surface area contributed by atoms with Gasteiger partial charge in [0.15, 0.2) is 17.5 Å². The zero-order valence-electron chi connectivity index (χ0n) is 10.3. The summed E-state index contributed by atoms with van der Waals surface area (Å²) < 4.78 is 39.3. The number of halogens is 3. The molecule has 1 aromatic carbocycles. The first-order valence-electron chi connectivity index (χ1n) is 5.79. The number of rotatable bonds is 3. The fraction of sp³-hybridized carbons (Fsp3) is 0.231. The van der Waals surface area contributed by atoms with Gasteiger partial charge in [-0.3, -0.25) is 0 Å². The second-order valence-corrected chi connectivity index (χ2v) is 4.10. The van der Waals surface area contributed by atoms with Crippen molar-refractivity contribution in [2.24, 2.45) is 0 Å². The number of hydrogen-bond acceptors (Lipinski definition) is 3. The Morgan fingerprint density at radius 2 is 1.68 bits per heavy atom. The lowest BCUT2D eigenvalue weighted by atomic mass is 10.1. The highest BCUT2D eigenvalue weighted by Gasteiger charge is 2.13. The number of nitrogens with zero attached hydrogens (tertiary/aromatic N) is 2. The molecule has 0 aliphatic rings. The second-order valence-electron chi connectivity index (χ2n) is 4.10. The zero-order chi connectivity index (χ0) is 14.0. The summed E-state index contributed by atoms with van der Waals surface area (Å²) in [5.74, 6) is -3.32. The minimum Gasteiger partial charge on any atom is -0.384 e. The fourth-order valence-corrected chi connectivity index (χ4v) is 1.70. The molecule has 100 valence electrons. The summed E-state index contributed by atoms with van der Waals surface area (Å²) in [4.78, 5) is 8.18. The van der Waals surface area contributed by atoms with Crippen molar-refractivity contribution in [2.45, 2.75) is 19.8 Å². The van der Waals surface area contributed by atoms with Crippen LogP contribution in [0.4, 0.5) is 19.0 Å². The van der Waals surface area contributed by atoms with E-state index in [-0.39, 0.29) is 17.1 Å². The molecule has 0 unspecified atom stereocenters. The highest BCUT2D eigenvalue weighted by atomic mass is 19.2. The molecule has 0 atom stereocenters. The summed E-state index contributed by atoms with van der Waals surface area (Å²) in [5.41, 5.74) is 6.02. The molecule has 2 N–H and O–H groups in total. The van der Waals surface area contributed by atoms with Crippen molar-refractivity contribution in [3.63, 3.8) is 0 Å². The number of nitrogens with two attached hydrogens (primary N) is 1. The van der Waals surface area contributed by atoms with E-state index in [0.29, 0.717) is 12.2 Å². The normalized spacial score (nSPS) is 10.7. The van der Waals surface area contributed by atoms with E-state index in [9.17, 15) is 13.2 Å². The number of benzene rings is 1. The van der Waals surface area contributed by atoms with Crippen molar-refractivity contribution in [1.82, 2.24) is 9.97 Å². The Morgan fingerprint density at radius 1 is 1.05 bits per heavy atom. The van der Waals surface area contributed by atoms with Gasteiger partial charge in [-0.25, -0.2) is 23.1 Å². The second kappa shape index (κ2) is 5.26. The molecule has 0 aliphatic heterocycles. The molecule has 1 aromatic heterocycles. The van der Waals surface area contributed by atoms with E-state index in [2.05, 4.69) is 9.97 Å². The van der Waals surface area contributed by atoms with Gasteiger partial charge in [0.1, 0.15) is 11.6 Å². The van der Waals surface area contributed by atoms with Crippen molar-refractivity contribution >= 4 is 5.82 Å². The predicted molar refractivity (Wildman–Crippen MR) is 65.7 cm³/mol. The van der Waals surface area contributed by atoms with Crippen LogP contribution in [0.25, 0.3) is 11.3 Å². The molecule has 2 aromatic rings. The number of anilines is 1. The van der Waals surface area contributed by atoms with Crippen molar-refractivity contribution in [3.8, 4) is 11.3 Å². The summed E-state index contributed by atoms with van der Waals surface area (Å²) in [6, 6.07) is 3.16. The Bertz CT molecular complexity index is 591. The first-order chi connectivity index (χ1) is 9.01. The van der Waals surface area contributed by atoms with E-state index in [4.69, 9.17) is 5.73 Å². The van der Waals surface area contributed by atoms with Gasteiger partial charge in [0.2, 0.25) is 0 Å². The molecule has 0 saturated heterocycles. The van der Waals surface area contributed by atoms with E-state index in [1.807, 2.05) is 6.92 Å². The molecule has 0 spiro atoms. The molecule has 2 rings (SSSR count). The van der Waals surface area contributed by atoms with E-state index < -0.39 is 17.5 Å². The average molecular weight is 267 g/mol. The molecule has 1 heterocycles. The van der Waals surface area contributed by atoms with Gasteiger partial charge in [-0.05, 0) is 18.6 Å². The fourth-order valence-electron chi connectivity index (χ4n) is 1.70. The van der Waals surface area contributed by atoms with E-state index in [0.717, 1.165) is 18.6 Å². The van der Waals surface area contributed by atoms with Gasteiger partial charge in [0.25, 0.3) is 0 Å². The molecular formula is C13H12F3N3. The third-order valence-electron chi connectivity index (χ3n) is 2.55. The van der Waals surface area contributed by atoms with Crippen molar-refractivity contribution in [3.05, 3.63) is 41.5 Å². The summed E-state index contributed by atoms with van der Waals surface area (Å²) >= 11 is 0. The van der Waals surface area contributed by atoms with Gasteiger partial charge in [0, 0.05) is 18.1 Å². The summed E-state index contributed by atoms with van der Waals surface area (Å²) in [7, 11) is 0. The largest absolute Gasteiger partial charge is 0.384 e. The van der Waals surface area contributed by atoms with Crippen molar-refractivity contribution in [2.75, 3.05) is 5.73 Å². The number of aromatic nitrogens is 2. The van der Waals surface area contributed by atoms with Crippen LogP contribution in [0, 0.1) is 17.5 Å². The summed E-state index contributed by atoms with van der Waals surface area (Å²) in [5, 5.41) is 0. The maximum absolute atomic E-state index is 13.2. The van der Waals surface area contributed by atoms with Crippen LogP contribution in [0.1, 0.15) is 19.2 Å². The average Bonchev–Trinajstić information content (AvgIpc) is 2.35. The predicted octanol–water partition coefficient (Wildman–Crippen LogP) is 3.10. The Balaban J connectivity index is 2.52. The Hall–Kier alpha value is -2.11. The lowest BCUT2D eigenvalue weighted by Crippen LogP contribution is -2.02. The van der Waals surface area contributed by atoms with Gasteiger partial charge in [-0.1, -0.05) is 6.92 Å². The number of hydrogen-bond donors (Lipinski definition) is 1. The lowest BCUT2D eigenvalue weighted by molar-refractivity contribution is 0.447. The smallest absolute Gasteiger partial charge is 0.194 e. The van der Waals surface area contributed by atoms with Crippen LogP contribution in [0.15, 0.2) is 18.2 Å². The highest BCUT2D eigenvalue weighted by Crippen LogP contribution is 2.23. The van der Waals surface area contributed by atoms with Crippen molar-refractivity contribution in [1.29, 1.82) is 0 Å². The van der Waals surface area contributed by atoms with Crippen LogP contribution in [0.5, 0.6) is 0 Å². The molecule has 0 fully saturated rings. The molecule has 3 nitrogen and oxygen atoms in total. The minimum absolute atomic E-state index is 0.128. The third kappa shape index (κ3) is 2.83. The van der Waals surface area contributed by atoms with E-state index in [1.165, 1.54) is 6.07 Å². The third-order valence-corrected chi connectivity index (χ3v) is 2.55. The highest BCUT2D eigenvalue weighted by molar-refractivity contribution is 5.62. The standard InChI is InChI=1S/C13H12F3N3/c1-2-3-12-18-10(6-11(17)19-12)7-4-8(14)13(16)9(15)5-7/h4-6H,2-3H2,1H3,(H2,17,18,19). The maximum atomic E-state index is 13.2. The zero-order valence-corrected chi connectivity index (χ0v) is 10.3. The van der Waals surface area contributed by atoms with E-state index >= 15 is 0 Å². The van der Waals surface area contributed by atoms with Gasteiger partial charge < -0.3 is 5.73 Å². The quantitative estimate of drug-likeness (QED) is 0.869. The van der Waals surface area contributed by atoms with Gasteiger partial charge in [-0.15, -0.1) is 0 Å². The molecule has 0 bridgehead atoms. The van der Waals surface area contributed by atoms with Crippen LogP contribution < -0.4 is 5.73 Å². The van der Waals surface area contributed by atoms with Gasteiger partial charge in [-0.2, -0.15) is 0 Å². The summed E-state index contributed by atoms with van der Waals surface area (Å²) in [6.07, 6.45) is 1.42. The van der Waals surface area contributed by atoms with Crippen LogP contribution in [-0.4, -0.2) is 9.97 Å². The molecule has 19 heavy (non-hydrogen) atoms. The van der Waals surface area contributed by atoms with Crippen LogP contribution >= 0.6 is 0 Å². The number of aryl methyl sites for hydroxylation is 1. The monoisotopic (exact) mass is 267 g/mol. The Morgan fingerprint density at radius 3 is 2.26 bits per heavy atom. The minimum atomic E-state index is -1.50. The molecular weight excluding hydrogens is 255 g/mol. The van der Waals surface area contributed by atoms with Gasteiger partial charge in [0.05, 0.1) is 5.69 Å². The SMILES string of the molecule is CCCc1nc(N)cc(-c2cc(F)c(F)c(F)c2)n1. The molecule has 0 aliphatic carbocycles. The molecule has 0 radical (unpaired) electrons.